The van der Waals surface area contributed by atoms with E-state index in [9.17, 15) is 4.79 Å². The first kappa shape index (κ1) is 11.0. The molecule has 0 aliphatic heterocycles. The third-order valence-corrected chi connectivity index (χ3v) is 1.27. The van der Waals surface area contributed by atoms with Gasteiger partial charge < -0.3 is 10.1 Å². The molecule has 0 heterocycles. The normalized spacial score (nSPS) is 9.17. The first-order valence-electron chi connectivity index (χ1n) is 4.32. The summed E-state index contributed by atoms with van der Waals surface area (Å²) in [7, 11) is 0. The van der Waals surface area contributed by atoms with Crippen molar-refractivity contribution in [1.29, 1.82) is 0 Å². The largest absolute Gasteiger partial charge is 0.461 e. The second-order valence-electron chi connectivity index (χ2n) is 2.54. The van der Waals surface area contributed by atoms with Crippen LogP contribution >= 0.6 is 0 Å². The van der Waals surface area contributed by atoms with Crippen LogP contribution in [-0.2, 0) is 9.53 Å². The zero-order valence-corrected chi connectivity index (χ0v) is 7.85. The molecule has 0 saturated carbocycles. The maximum absolute atomic E-state index is 11.0. The molecule has 1 N–H and O–H groups in total. The number of hydrogen-bond acceptors (Lipinski definition) is 3. The third kappa shape index (κ3) is 4.77. The maximum atomic E-state index is 11.0. The monoisotopic (exact) mass is 171 g/mol. The minimum atomic E-state index is -0.342. The highest BCUT2D eigenvalue weighted by Crippen LogP contribution is 1.91. The van der Waals surface area contributed by atoms with Crippen LogP contribution in [0.15, 0.2) is 12.3 Å². The van der Waals surface area contributed by atoms with Crippen LogP contribution in [0.25, 0.3) is 0 Å². The average Bonchev–Trinajstić information content (AvgIpc) is 2.10. The standard InChI is InChI=1S/C9H17NO2/c1-4-6-10-8(3)9(11)12-7-5-2/h10H,3-7H2,1-2H3. The van der Waals surface area contributed by atoms with Crippen molar-refractivity contribution in [2.24, 2.45) is 0 Å². The Bertz CT molecular complexity index is 137. The molecule has 3 heteroatoms. The van der Waals surface area contributed by atoms with Gasteiger partial charge in [-0.1, -0.05) is 20.4 Å². The van der Waals surface area contributed by atoms with Gasteiger partial charge >= 0.3 is 5.97 Å². The van der Waals surface area contributed by atoms with Crippen LogP contribution in [-0.4, -0.2) is 19.1 Å². The number of hydrogen-bond donors (Lipinski definition) is 1. The average molecular weight is 171 g/mol. The number of carbonyl (C=O) groups excluding carboxylic acids is 1. The van der Waals surface area contributed by atoms with Crippen molar-refractivity contribution in [3.8, 4) is 0 Å². The second-order valence-corrected chi connectivity index (χ2v) is 2.54. The van der Waals surface area contributed by atoms with Crippen LogP contribution in [0.1, 0.15) is 26.7 Å². The van der Waals surface area contributed by atoms with Crippen molar-refractivity contribution in [3.05, 3.63) is 12.3 Å². The van der Waals surface area contributed by atoms with Gasteiger partial charge in [0.25, 0.3) is 0 Å². The highest BCUT2D eigenvalue weighted by Gasteiger charge is 2.05. The van der Waals surface area contributed by atoms with E-state index in [0.29, 0.717) is 12.3 Å². The molecule has 0 spiro atoms. The fourth-order valence-electron chi connectivity index (χ4n) is 0.630. The van der Waals surface area contributed by atoms with Gasteiger partial charge in [0.05, 0.1) is 6.61 Å². The number of ether oxygens (including phenoxy) is 1. The lowest BCUT2D eigenvalue weighted by molar-refractivity contribution is -0.139. The molecular formula is C9H17NO2. The Hall–Kier alpha value is -0.990. The van der Waals surface area contributed by atoms with E-state index in [1.165, 1.54) is 0 Å². The van der Waals surface area contributed by atoms with Gasteiger partial charge in [0.1, 0.15) is 5.70 Å². The molecular weight excluding hydrogens is 154 g/mol. The van der Waals surface area contributed by atoms with Gasteiger partial charge in [0, 0.05) is 6.54 Å². The summed E-state index contributed by atoms with van der Waals surface area (Å²) in [5, 5.41) is 2.87. The Kier molecular flexibility index (Phi) is 6.15. The van der Waals surface area contributed by atoms with E-state index < -0.39 is 0 Å². The predicted molar refractivity (Wildman–Crippen MR) is 48.7 cm³/mol. The molecule has 0 saturated heterocycles. The SMILES string of the molecule is C=C(NCCC)C(=O)OCCC. The number of carbonyl (C=O) groups is 1. The molecule has 0 amide bonds. The Morgan fingerprint density at radius 2 is 2.08 bits per heavy atom. The Morgan fingerprint density at radius 3 is 2.58 bits per heavy atom. The summed E-state index contributed by atoms with van der Waals surface area (Å²) < 4.78 is 4.85. The fraction of sp³-hybridized carbons (Fsp3) is 0.667. The number of rotatable bonds is 6. The van der Waals surface area contributed by atoms with E-state index in [-0.39, 0.29) is 5.97 Å². The molecule has 12 heavy (non-hydrogen) atoms. The summed E-state index contributed by atoms with van der Waals surface area (Å²) in [6.45, 7) is 8.77. The van der Waals surface area contributed by atoms with Crippen LogP contribution < -0.4 is 5.32 Å². The van der Waals surface area contributed by atoms with Crippen LogP contribution in [0.5, 0.6) is 0 Å². The van der Waals surface area contributed by atoms with Crippen molar-refractivity contribution >= 4 is 5.97 Å². The van der Waals surface area contributed by atoms with Gasteiger partial charge in [-0.2, -0.15) is 0 Å². The molecule has 0 aliphatic carbocycles. The summed E-state index contributed by atoms with van der Waals surface area (Å²) in [5.41, 5.74) is 0.352. The van der Waals surface area contributed by atoms with Crippen molar-refractivity contribution in [3.63, 3.8) is 0 Å². The summed E-state index contributed by atoms with van der Waals surface area (Å²) in [6.07, 6.45) is 1.81. The van der Waals surface area contributed by atoms with Gasteiger partial charge in [-0.15, -0.1) is 0 Å². The fourth-order valence-corrected chi connectivity index (χ4v) is 0.630. The molecule has 3 nitrogen and oxygen atoms in total. The molecule has 0 rings (SSSR count). The predicted octanol–water partition coefficient (Wildman–Crippen LogP) is 1.45. The lowest BCUT2D eigenvalue weighted by atomic mass is 10.4. The molecule has 0 radical (unpaired) electrons. The first-order chi connectivity index (χ1) is 5.72. The topological polar surface area (TPSA) is 38.3 Å². The molecule has 0 aromatic heterocycles. The van der Waals surface area contributed by atoms with E-state index in [4.69, 9.17) is 4.74 Å². The molecule has 0 aromatic rings. The van der Waals surface area contributed by atoms with Crippen molar-refractivity contribution in [2.45, 2.75) is 26.7 Å². The lowest BCUT2D eigenvalue weighted by Gasteiger charge is -2.07. The number of esters is 1. The third-order valence-electron chi connectivity index (χ3n) is 1.27. The highest BCUT2D eigenvalue weighted by molar-refractivity contribution is 5.86. The highest BCUT2D eigenvalue weighted by atomic mass is 16.5. The van der Waals surface area contributed by atoms with E-state index in [2.05, 4.69) is 11.9 Å². The first-order valence-corrected chi connectivity index (χ1v) is 4.32. The van der Waals surface area contributed by atoms with Crippen LogP contribution in [0.2, 0.25) is 0 Å². The Balaban J connectivity index is 3.55. The van der Waals surface area contributed by atoms with Gasteiger partial charge in [-0.05, 0) is 12.8 Å². The van der Waals surface area contributed by atoms with Crippen LogP contribution in [0.4, 0.5) is 0 Å². The van der Waals surface area contributed by atoms with Gasteiger partial charge in [-0.3, -0.25) is 0 Å². The smallest absolute Gasteiger partial charge is 0.353 e. The lowest BCUT2D eigenvalue weighted by Crippen LogP contribution is -2.22. The van der Waals surface area contributed by atoms with Gasteiger partial charge in [0.15, 0.2) is 0 Å². The summed E-state index contributed by atoms with van der Waals surface area (Å²) in [4.78, 5) is 11.0. The minimum Gasteiger partial charge on any atom is -0.461 e. The molecule has 0 bridgehead atoms. The summed E-state index contributed by atoms with van der Waals surface area (Å²) >= 11 is 0. The molecule has 0 aliphatic rings. The maximum Gasteiger partial charge on any atom is 0.353 e. The Labute approximate surface area is 73.8 Å². The second kappa shape index (κ2) is 6.70. The van der Waals surface area contributed by atoms with Crippen LogP contribution in [0.3, 0.4) is 0 Å². The molecule has 0 fully saturated rings. The van der Waals surface area contributed by atoms with Crippen molar-refractivity contribution in [1.82, 2.24) is 5.32 Å². The van der Waals surface area contributed by atoms with Crippen molar-refractivity contribution < 1.29 is 9.53 Å². The summed E-state index contributed by atoms with van der Waals surface area (Å²) in [6, 6.07) is 0. The van der Waals surface area contributed by atoms with Crippen LogP contribution in [0, 0.1) is 0 Å². The Morgan fingerprint density at radius 1 is 1.42 bits per heavy atom. The summed E-state index contributed by atoms with van der Waals surface area (Å²) in [5.74, 6) is -0.342. The van der Waals surface area contributed by atoms with Gasteiger partial charge in [-0.25, -0.2) is 4.79 Å². The number of nitrogens with one attached hydrogen (secondary N) is 1. The zero-order valence-electron chi connectivity index (χ0n) is 7.85. The molecule has 70 valence electrons. The van der Waals surface area contributed by atoms with E-state index in [1.54, 1.807) is 0 Å². The van der Waals surface area contributed by atoms with E-state index in [0.717, 1.165) is 19.4 Å². The van der Waals surface area contributed by atoms with E-state index in [1.807, 2.05) is 13.8 Å². The molecule has 0 aromatic carbocycles. The zero-order chi connectivity index (χ0) is 9.40. The molecule has 0 atom stereocenters. The van der Waals surface area contributed by atoms with Gasteiger partial charge in [0.2, 0.25) is 0 Å². The molecule has 0 unspecified atom stereocenters. The van der Waals surface area contributed by atoms with Crippen molar-refractivity contribution in [2.75, 3.05) is 13.2 Å². The quantitative estimate of drug-likeness (QED) is 0.485. The van der Waals surface area contributed by atoms with E-state index >= 15 is 0 Å². The minimum absolute atomic E-state index is 0.342.